The molecule has 0 aliphatic carbocycles. The Morgan fingerprint density at radius 2 is 1.66 bits per heavy atom. The Bertz CT molecular complexity index is 1180. The SMILES string of the molecule is Cc1c(Cl)cccc1N(Cc1ccc(C(=O)NCC(C)c2ccccc2)cc1)S(C)(=O)=O. The molecule has 1 amide bonds. The van der Waals surface area contributed by atoms with E-state index < -0.39 is 10.0 Å². The van der Waals surface area contributed by atoms with Crippen LogP contribution in [-0.2, 0) is 16.6 Å². The van der Waals surface area contributed by atoms with Crippen molar-refractivity contribution in [1.82, 2.24) is 5.32 Å². The number of hydrogen-bond donors (Lipinski definition) is 1. The fourth-order valence-corrected chi connectivity index (χ4v) is 4.53. The number of anilines is 1. The van der Waals surface area contributed by atoms with Gasteiger partial charge in [-0.15, -0.1) is 0 Å². The summed E-state index contributed by atoms with van der Waals surface area (Å²) < 4.78 is 26.2. The minimum Gasteiger partial charge on any atom is -0.351 e. The number of nitrogens with zero attached hydrogens (tertiary/aromatic N) is 1. The van der Waals surface area contributed by atoms with Gasteiger partial charge >= 0.3 is 0 Å². The van der Waals surface area contributed by atoms with Crippen LogP contribution in [0.15, 0.2) is 72.8 Å². The van der Waals surface area contributed by atoms with Crippen LogP contribution in [0.2, 0.25) is 5.02 Å². The lowest BCUT2D eigenvalue weighted by Crippen LogP contribution is -2.30. The maximum absolute atomic E-state index is 12.5. The molecule has 0 aromatic heterocycles. The Hall–Kier alpha value is -2.83. The molecular formula is C25H27ClN2O3S. The largest absolute Gasteiger partial charge is 0.351 e. The van der Waals surface area contributed by atoms with Crippen LogP contribution < -0.4 is 9.62 Å². The predicted octanol–water partition coefficient (Wildman–Crippen LogP) is 5.15. The lowest BCUT2D eigenvalue weighted by Gasteiger charge is -2.24. The number of hydrogen-bond acceptors (Lipinski definition) is 3. The van der Waals surface area contributed by atoms with Crippen molar-refractivity contribution in [2.45, 2.75) is 26.3 Å². The first-order valence-electron chi connectivity index (χ1n) is 10.3. The third kappa shape index (κ3) is 5.90. The highest BCUT2D eigenvalue weighted by Gasteiger charge is 2.21. The van der Waals surface area contributed by atoms with E-state index in [0.717, 1.165) is 5.56 Å². The zero-order valence-electron chi connectivity index (χ0n) is 18.4. The molecule has 0 fully saturated rings. The van der Waals surface area contributed by atoms with Gasteiger partial charge in [0.15, 0.2) is 0 Å². The van der Waals surface area contributed by atoms with Gasteiger partial charge in [0.2, 0.25) is 10.0 Å². The molecule has 0 saturated heterocycles. The molecule has 1 N–H and O–H groups in total. The molecular weight excluding hydrogens is 444 g/mol. The second-order valence-corrected chi connectivity index (χ2v) is 10.2. The van der Waals surface area contributed by atoms with Crippen molar-refractivity contribution in [2.75, 3.05) is 17.1 Å². The summed E-state index contributed by atoms with van der Waals surface area (Å²) in [6.07, 6.45) is 1.17. The van der Waals surface area contributed by atoms with E-state index >= 15 is 0 Å². The van der Waals surface area contributed by atoms with Crippen molar-refractivity contribution >= 4 is 33.2 Å². The molecule has 7 heteroatoms. The molecule has 0 heterocycles. The fourth-order valence-electron chi connectivity index (χ4n) is 3.42. The van der Waals surface area contributed by atoms with E-state index in [2.05, 4.69) is 12.2 Å². The van der Waals surface area contributed by atoms with E-state index in [9.17, 15) is 13.2 Å². The molecule has 0 bridgehead atoms. The smallest absolute Gasteiger partial charge is 0.251 e. The quantitative estimate of drug-likeness (QED) is 0.495. The van der Waals surface area contributed by atoms with Crippen LogP contribution in [0.1, 0.15) is 39.9 Å². The highest BCUT2D eigenvalue weighted by molar-refractivity contribution is 7.92. The van der Waals surface area contributed by atoms with Crippen LogP contribution in [-0.4, -0.2) is 27.1 Å². The predicted molar refractivity (Wildman–Crippen MR) is 131 cm³/mol. The summed E-state index contributed by atoms with van der Waals surface area (Å²) in [7, 11) is -3.53. The van der Waals surface area contributed by atoms with Crippen LogP contribution in [0.5, 0.6) is 0 Å². The minimum atomic E-state index is -3.53. The first-order chi connectivity index (χ1) is 15.2. The lowest BCUT2D eigenvalue weighted by atomic mass is 10.0. The summed E-state index contributed by atoms with van der Waals surface area (Å²) in [5.41, 5.74) is 3.70. The average Bonchev–Trinajstić information content (AvgIpc) is 2.78. The lowest BCUT2D eigenvalue weighted by molar-refractivity contribution is 0.0951. The molecule has 3 aromatic rings. The molecule has 1 atom stereocenters. The molecule has 3 aromatic carbocycles. The summed E-state index contributed by atoms with van der Waals surface area (Å²) >= 11 is 6.19. The molecule has 168 valence electrons. The van der Waals surface area contributed by atoms with Gasteiger partial charge in [-0.2, -0.15) is 0 Å². The average molecular weight is 471 g/mol. The summed E-state index contributed by atoms with van der Waals surface area (Å²) in [6.45, 7) is 4.53. The molecule has 0 aliphatic rings. The van der Waals surface area contributed by atoms with E-state index in [-0.39, 0.29) is 18.4 Å². The van der Waals surface area contributed by atoms with Crippen molar-refractivity contribution in [2.24, 2.45) is 0 Å². The number of nitrogens with one attached hydrogen (secondary N) is 1. The number of sulfonamides is 1. The van der Waals surface area contributed by atoms with Gasteiger partial charge in [0, 0.05) is 17.1 Å². The number of rotatable bonds is 8. The monoisotopic (exact) mass is 470 g/mol. The second-order valence-electron chi connectivity index (χ2n) is 7.87. The van der Waals surface area contributed by atoms with Gasteiger partial charge in [0.1, 0.15) is 0 Å². The maximum Gasteiger partial charge on any atom is 0.251 e. The molecule has 3 rings (SSSR count). The third-order valence-corrected chi connectivity index (χ3v) is 6.92. The summed E-state index contributed by atoms with van der Waals surface area (Å²) in [5.74, 6) is 0.0358. The summed E-state index contributed by atoms with van der Waals surface area (Å²) in [4.78, 5) is 12.5. The highest BCUT2D eigenvalue weighted by atomic mass is 35.5. The van der Waals surface area contributed by atoms with Crippen molar-refractivity contribution in [3.8, 4) is 0 Å². The van der Waals surface area contributed by atoms with Crippen molar-refractivity contribution in [1.29, 1.82) is 0 Å². The third-order valence-electron chi connectivity index (χ3n) is 5.39. The van der Waals surface area contributed by atoms with Crippen LogP contribution in [0, 0.1) is 6.92 Å². The van der Waals surface area contributed by atoms with Gasteiger partial charge in [-0.3, -0.25) is 9.10 Å². The molecule has 32 heavy (non-hydrogen) atoms. The Morgan fingerprint density at radius 3 is 2.28 bits per heavy atom. The van der Waals surface area contributed by atoms with Crippen molar-refractivity contribution in [3.63, 3.8) is 0 Å². The molecule has 0 radical (unpaired) electrons. The minimum absolute atomic E-state index is 0.146. The standard InChI is InChI=1S/C25H27ClN2O3S/c1-18(21-8-5-4-6-9-21)16-27-25(29)22-14-12-20(13-15-22)17-28(32(3,30)31)24-11-7-10-23(26)19(24)2/h4-15,18H,16-17H2,1-3H3,(H,27,29). The van der Waals surface area contributed by atoms with Gasteiger partial charge < -0.3 is 5.32 Å². The Balaban J connectivity index is 1.70. The summed E-state index contributed by atoms with van der Waals surface area (Å²) in [5, 5.41) is 3.47. The van der Waals surface area contributed by atoms with E-state index in [1.165, 1.54) is 16.1 Å². The molecule has 5 nitrogen and oxygen atoms in total. The maximum atomic E-state index is 12.5. The van der Waals surface area contributed by atoms with E-state index in [1.54, 1.807) is 49.4 Å². The molecule has 0 aliphatic heterocycles. The van der Waals surface area contributed by atoms with E-state index in [0.29, 0.717) is 28.4 Å². The Labute approximate surface area is 195 Å². The number of amides is 1. The molecule has 1 unspecified atom stereocenters. The highest BCUT2D eigenvalue weighted by Crippen LogP contribution is 2.29. The zero-order chi connectivity index (χ0) is 23.3. The zero-order valence-corrected chi connectivity index (χ0v) is 20.0. The first kappa shape index (κ1) is 23.8. The van der Waals surface area contributed by atoms with Crippen LogP contribution in [0.25, 0.3) is 0 Å². The molecule has 0 saturated carbocycles. The van der Waals surface area contributed by atoms with Crippen LogP contribution >= 0.6 is 11.6 Å². The van der Waals surface area contributed by atoms with Gasteiger partial charge in [-0.05, 0) is 53.8 Å². The normalized spacial score (nSPS) is 12.2. The van der Waals surface area contributed by atoms with Crippen LogP contribution in [0.3, 0.4) is 0 Å². The van der Waals surface area contributed by atoms with E-state index in [4.69, 9.17) is 11.6 Å². The number of benzene rings is 3. The first-order valence-corrected chi connectivity index (χ1v) is 12.5. The van der Waals surface area contributed by atoms with Gasteiger partial charge in [0.25, 0.3) is 5.91 Å². The van der Waals surface area contributed by atoms with Crippen molar-refractivity contribution in [3.05, 3.63) is 100 Å². The van der Waals surface area contributed by atoms with Gasteiger partial charge in [-0.25, -0.2) is 8.42 Å². The van der Waals surface area contributed by atoms with Gasteiger partial charge in [-0.1, -0.05) is 67.1 Å². The molecule has 0 spiro atoms. The van der Waals surface area contributed by atoms with Gasteiger partial charge in [0.05, 0.1) is 18.5 Å². The van der Waals surface area contributed by atoms with E-state index in [1.807, 2.05) is 30.3 Å². The number of carbonyl (C=O) groups excluding carboxylic acids is 1. The Kier molecular flexibility index (Phi) is 7.59. The number of halogens is 1. The number of carbonyl (C=O) groups is 1. The summed E-state index contributed by atoms with van der Waals surface area (Å²) in [6, 6.07) is 22.2. The van der Waals surface area contributed by atoms with Crippen LogP contribution in [0.4, 0.5) is 5.69 Å². The van der Waals surface area contributed by atoms with Crippen molar-refractivity contribution < 1.29 is 13.2 Å². The topological polar surface area (TPSA) is 66.5 Å². The Morgan fingerprint density at radius 1 is 1.00 bits per heavy atom. The fraction of sp³-hybridized carbons (Fsp3) is 0.240. The second kappa shape index (κ2) is 10.2.